The van der Waals surface area contributed by atoms with Gasteiger partial charge in [-0.15, -0.1) is 5.11 Å². The van der Waals surface area contributed by atoms with E-state index in [1.54, 1.807) is 30.3 Å². The number of phenolic OH excluding ortho intramolecular Hbond substituents is 1. The van der Waals surface area contributed by atoms with Crippen molar-refractivity contribution in [3.05, 3.63) is 48.5 Å². The predicted octanol–water partition coefficient (Wildman–Crippen LogP) is 3.19. The van der Waals surface area contributed by atoms with Crippen molar-refractivity contribution in [2.75, 3.05) is 12.0 Å². The number of azo groups is 1. The van der Waals surface area contributed by atoms with Crippen LogP contribution in [0.25, 0.3) is 10.8 Å². The van der Waals surface area contributed by atoms with Gasteiger partial charge in [0.1, 0.15) is 10.6 Å². The molecule has 0 aliphatic heterocycles. The molecule has 4 N–H and O–H groups in total. The van der Waals surface area contributed by atoms with Gasteiger partial charge < -0.3 is 10.8 Å². The van der Waals surface area contributed by atoms with E-state index in [1.165, 1.54) is 0 Å². The number of phenols is 1. The van der Waals surface area contributed by atoms with Crippen LogP contribution in [0.3, 0.4) is 0 Å². The summed E-state index contributed by atoms with van der Waals surface area (Å²) in [6, 6.07) is 11.6. The fourth-order valence-electron chi connectivity index (χ4n) is 2.60. The van der Waals surface area contributed by atoms with Crippen LogP contribution in [0.15, 0.2) is 68.6 Å². The molecule has 3 rings (SSSR count). The number of anilines is 1. The Morgan fingerprint density at radius 2 is 1.61 bits per heavy atom. The van der Waals surface area contributed by atoms with Gasteiger partial charge in [-0.3, -0.25) is 4.55 Å². The summed E-state index contributed by atoms with van der Waals surface area (Å²) >= 11 is 0. The summed E-state index contributed by atoms with van der Waals surface area (Å²) in [5.74, 6) is -0.651. The molecule has 11 heteroatoms. The lowest BCUT2D eigenvalue weighted by Crippen LogP contribution is -2.02. The molecule has 0 fully saturated rings. The Labute approximate surface area is 160 Å². The molecule has 0 heterocycles. The van der Waals surface area contributed by atoms with E-state index in [9.17, 15) is 26.5 Å². The number of sulfone groups is 1. The maximum atomic E-state index is 11.8. The van der Waals surface area contributed by atoms with Gasteiger partial charge in [0.2, 0.25) is 0 Å². The number of hydrogen-bond acceptors (Lipinski definition) is 8. The maximum Gasteiger partial charge on any atom is 0.296 e. The molecule has 146 valence electrons. The van der Waals surface area contributed by atoms with Crippen molar-refractivity contribution in [1.29, 1.82) is 0 Å². The summed E-state index contributed by atoms with van der Waals surface area (Å²) < 4.78 is 56.8. The van der Waals surface area contributed by atoms with E-state index in [1.807, 2.05) is 0 Å². The molecule has 0 saturated carbocycles. The van der Waals surface area contributed by atoms with Crippen LogP contribution < -0.4 is 5.73 Å². The number of aromatic hydroxyl groups is 1. The zero-order valence-electron chi connectivity index (χ0n) is 14.4. The quantitative estimate of drug-likeness (QED) is 0.331. The molecule has 0 aliphatic carbocycles. The van der Waals surface area contributed by atoms with E-state index in [0.29, 0.717) is 5.69 Å². The van der Waals surface area contributed by atoms with Crippen molar-refractivity contribution in [1.82, 2.24) is 0 Å². The van der Waals surface area contributed by atoms with Crippen LogP contribution in [0.2, 0.25) is 0 Å². The number of nitrogens with two attached hydrogens (primary N) is 1. The molecule has 0 radical (unpaired) electrons. The summed E-state index contributed by atoms with van der Waals surface area (Å²) in [6.07, 6.45) is 0.958. The second kappa shape index (κ2) is 6.86. The molecule has 0 saturated heterocycles. The third-order valence-corrected chi connectivity index (χ3v) is 5.84. The third-order valence-electron chi connectivity index (χ3n) is 3.88. The van der Waals surface area contributed by atoms with Crippen molar-refractivity contribution >= 4 is 47.8 Å². The van der Waals surface area contributed by atoms with Crippen LogP contribution in [0, 0.1) is 0 Å². The number of hydrogen-bond donors (Lipinski definition) is 3. The van der Waals surface area contributed by atoms with E-state index in [-0.39, 0.29) is 21.4 Å². The van der Waals surface area contributed by atoms with E-state index in [2.05, 4.69) is 10.2 Å². The molecule has 0 spiro atoms. The number of fused-ring (bicyclic) bond motifs is 1. The molecule has 3 aromatic rings. The Morgan fingerprint density at radius 1 is 0.964 bits per heavy atom. The second-order valence-electron chi connectivity index (χ2n) is 5.97. The Hall–Kier alpha value is -3.02. The van der Waals surface area contributed by atoms with Gasteiger partial charge in [0.25, 0.3) is 10.1 Å². The first-order valence-corrected chi connectivity index (χ1v) is 11.0. The van der Waals surface area contributed by atoms with Crippen molar-refractivity contribution in [2.45, 2.75) is 9.79 Å². The van der Waals surface area contributed by atoms with E-state index in [4.69, 9.17) is 5.73 Å². The molecule has 9 nitrogen and oxygen atoms in total. The third kappa shape index (κ3) is 3.81. The van der Waals surface area contributed by atoms with Crippen LogP contribution in [0.1, 0.15) is 0 Å². The summed E-state index contributed by atoms with van der Waals surface area (Å²) in [6.45, 7) is 0. The van der Waals surface area contributed by atoms with Gasteiger partial charge in [0.05, 0.1) is 10.6 Å². The zero-order chi connectivity index (χ0) is 20.7. The highest BCUT2D eigenvalue weighted by Crippen LogP contribution is 2.44. The van der Waals surface area contributed by atoms with E-state index < -0.39 is 36.3 Å². The molecule has 0 unspecified atom stereocenters. The lowest BCUT2D eigenvalue weighted by atomic mass is 10.1. The van der Waals surface area contributed by atoms with Crippen molar-refractivity contribution < 1.29 is 26.5 Å². The number of benzene rings is 3. The smallest absolute Gasteiger partial charge is 0.296 e. The first-order valence-electron chi connectivity index (χ1n) is 7.72. The summed E-state index contributed by atoms with van der Waals surface area (Å²) in [5, 5.41) is 18.2. The first-order chi connectivity index (χ1) is 13.0. The Balaban J connectivity index is 2.36. The normalized spacial score (nSPS) is 12.6. The SMILES string of the molecule is CS(=O)(=O)c1cc(N)c2c(O)c(/N=N/c3ccccc3)c(S(=O)(=O)O)cc2c1. The van der Waals surface area contributed by atoms with Gasteiger partial charge in [-0.1, -0.05) is 18.2 Å². The molecule has 0 atom stereocenters. The summed E-state index contributed by atoms with van der Waals surface area (Å²) in [7, 11) is -8.47. The van der Waals surface area contributed by atoms with Gasteiger partial charge in [-0.2, -0.15) is 13.5 Å². The topological polar surface area (TPSA) is 159 Å². The molecule has 28 heavy (non-hydrogen) atoms. The molecule has 0 aromatic heterocycles. The Bertz CT molecular complexity index is 1320. The highest BCUT2D eigenvalue weighted by atomic mass is 32.2. The predicted molar refractivity (Wildman–Crippen MR) is 104 cm³/mol. The maximum absolute atomic E-state index is 11.8. The Morgan fingerprint density at radius 3 is 2.18 bits per heavy atom. The van der Waals surface area contributed by atoms with Crippen LogP contribution in [0.4, 0.5) is 17.1 Å². The highest BCUT2D eigenvalue weighted by Gasteiger charge is 2.24. The molecule has 0 bridgehead atoms. The van der Waals surface area contributed by atoms with Crippen LogP contribution in [-0.4, -0.2) is 32.8 Å². The van der Waals surface area contributed by atoms with Gasteiger partial charge >= 0.3 is 0 Å². The van der Waals surface area contributed by atoms with Crippen LogP contribution in [0.5, 0.6) is 5.75 Å². The largest absolute Gasteiger partial charge is 0.505 e. The lowest BCUT2D eigenvalue weighted by Gasteiger charge is -2.12. The van der Waals surface area contributed by atoms with Crippen molar-refractivity contribution in [3.8, 4) is 5.75 Å². The molecular formula is C17H15N3O6S2. The standard InChI is InChI=1S/C17H15N3O6S2/c1-27(22,23)12-7-10-8-14(28(24,25)26)16(17(21)15(10)13(18)9-12)20-19-11-5-3-2-4-6-11/h2-9,21H,18H2,1H3,(H,24,25,26)/b20-19+. The molecule has 0 amide bonds. The minimum absolute atomic E-state index is 0.00390. The van der Waals surface area contributed by atoms with Crippen molar-refractivity contribution in [3.63, 3.8) is 0 Å². The number of rotatable bonds is 4. The van der Waals surface area contributed by atoms with Gasteiger partial charge in [-0.25, -0.2) is 8.42 Å². The average molecular weight is 421 g/mol. The van der Waals surface area contributed by atoms with E-state index >= 15 is 0 Å². The van der Waals surface area contributed by atoms with Crippen LogP contribution in [-0.2, 0) is 20.0 Å². The number of nitrogens with zero attached hydrogens (tertiary/aromatic N) is 2. The molecule has 3 aromatic carbocycles. The summed E-state index contributed by atoms with van der Waals surface area (Å²) in [4.78, 5) is -0.904. The molecule has 0 aliphatic rings. The lowest BCUT2D eigenvalue weighted by molar-refractivity contribution is 0.472. The average Bonchev–Trinajstić information content (AvgIpc) is 2.59. The first kappa shape index (κ1) is 19.7. The van der Waals surface area contributed by atoms with Gasteiger partial charge in [0.15, 0.2) is 15.6 Å². The zero-order valence-corrected chi connectivity index (χ0v) is 16.1. The van der Waals surface area contributed by atoms with Crippen molar-refractivity contribution in [2.24, 2.45) is 10.2 Å². The monoisotopic (exact) mass is 421 g/mol. The van der Waals surface area contributed by atoms with Gasteiger partial charge in [-0.05, 0) is 35.7 Å². The van der Waals surface area contributed by atoms with Gasteiger partial charge in [0, 0.05) is 17.3 Å². The second-order valence-corrected chi connectivity index (χ2v) is 9.37. The number of nitrogen functional groups attached to an aromatic ring is 1. The van der Waals surface area contributed by atoms with Crippen LogP contribution >= 0.6 is 0 Å². The molecular weight excluding hydrogens is 406 g/mol. The minimum atomic E-state index is -4.82. The van der Waals surface area contributed by atoms with E-state index in [0.717, 1.165) is 24.5 Å². The fourth-order valence-corrected chi connectivity index (χ4v) is 3.94. The minimum Gasteiger partial charge on any atom is -0.505 e. The Kier molecular flexibility index (Phi) is 4.83. The fraction of sp³-hybridized carbons (Fsp3) is 0.0588. The highest BCUT2D eigenvalue weighted by molar-refractivity contribution is 7.90. The summed E-state index contributed by atoms with van der Waals surface area (Å²) in [5.41, 5.74) is 5.64.